The lowest BCUT2D eigenvalue weighted by molar-refractivity contribution is 0.461. The zero-order valence-electron chi connectivity index (χ0n) is 11.1. The summed E-state index contributed by atoms with van der Waals surface area (Å²) in [5.74, 6) is 0.292. The number of allylic oxidation sites excluding steroid dienone is 3. The van der Waals surface area contributed by atoms with E-state index in [-0.39, 0.29) is 0 Å². The average Bonchev–Trinajstić information content (AvgIpc) is 2.43. The predicted octanol–water partition coefficient (Wildman–Crippen LogP) is 5.31. The molecule has 0 saturated heterocycles. The number of rotatable bonds is 4. The van der Waals surface area contributed by atoms with Gasteiger partial charge in [0.15, 0.2) is 0 Å². The maximum atomic E-state index is 10.4. The van der Waals surface area contributed by atoms with Gasteiger partial charge in [-0.25, -0.2) is 0 Å². The van der Waals surface area contributed by atoms with Crippen LogP contribution in [0.15, 0.2) is 47.3 Å². The summed E-state index contributed by atoms with van der Waals surface area (Å²) in [5, 5.41) is 10.4. The van der Waals surface area contributed by atoms with Crippen molar-refractivity contribution < 1.29 is 5.11 Å². The van der Waals surface area contributed by atoms with E-state index in [4.69, 9.17) is 0 Å². The van der Waals surface area contributed by atoms with Crippen molar-refractivity contribution in [1.29, 1.82) is 0 Å². The van der Waals surface area contributed by atoms with E-state index in [1.165, 1.54) is 4.91 Å². The largest absolute Gasteiger partial charge is 0.506 e. The van der Waals surface area contributed by atoms with Crippen LogP contribution in [0.5, 0.6) is 5.75 Å². The smallest absolute Gasteiger partial charge is 0.137 e. The summed E-state index contributed by atoms with van der Waals surface area (Å²) in [5.41, 5.74) is 2.81. The molecule has 1 aromatic carbocycles. The molecule has 19 heavy (non-hydrogen) atoms. The Labute approximate surface area is 119 Å². The van der Waals surface area contributed by atoms with Crippen LogP contribution in [0.1, 0.15) is 29.5 Å². The lowest BCUT2D eigenvalue weighted by Crippen LogP contribution is -1.90. The number of phenolic OH excluding ortho intramolecular Hbond substituents is 1. The molecule has 1 nitrogen and oxygen atoms in total. The van der Waals surface area contributed by atoms with Gasteiger partial charge in [-0.15, -0.1) is 0 Å². The van der Waals surface area contributed by atoms with Gasteiger partial charge in [0, 0.05) is 10.5 Å². The Morgan fingerprint density at radius 2 is 1.95 bits per heavy atom. The molecule has 98 valence electrons. The summed E-state index contributed by atoms with van der Waals surface area (Å²) in [4.78, 5) is 2.05. The second-order valence-corrected chi connectivity index (χ2v) is 5.58. The second kappa shape index (κ2) is 5.98. The zero-order chi connectivity index (χ0) is 13.8. The maximum Gasteiger partial charge on any atom is 0.137 e. The molecule has 0 saturated carbocycles. The van der Waals surface area contributed by atoms with Crippen molar-refractivity contribution in [2.45, 2.75) is 24.7 Å². The Morgan fingerprint density at radius 3 is 2.53 bits per heavy atom. The number of phenols is 1. The molecule has 1 aliphatic rings. The van der Waals surface area contributed by atoms with Gasteiger partial charge < -0.3 is 5.11 Å². The Balaban J connectivity index is 2.44. The molecular formula is C17H18OS. The van der Waals surface area contributed by atoms with Gasteiger partial charge in [-0.3, -0.25) is 0 Å². The minimum atomic E-state index is 0.292. The van der Waals surface area contributed by atoms with Crippen molar-refractivity contribution >= 4 is 23.9 Å². The Morgan fingerprint density at radius 1 is 1.21 bits per heavy atom. The number of thioether (sulfide) groups is 1. The zero-order valence-corrected chi connectivity index (χ0v) is 12.0. The van der Waals surface area contributed by atoms with Crippen molar-refractivity contribution in [2.75, 3.05) is 0 Å². The molecule has 0 unspecified atom stereocenters. The molecule has 0 spiro atoms. The molecule has 0 heterocycles. The van der Waals surface area contributed by atoms with Crippen molar-refractivity contribution in [3.8, 4) is 5.75 Å². The third-order valence-corrected chi connectivity index (χ3v) is 4.22. The monoisotopic (exact) mass is 270 g/mol. The van der Waals surface area contributed by atoms with Crippen LogP contribution < -0.4 is 0 Å². The Bertz CT molecular complexity index is 579. The minimum Gasteiger partial charge on any atom is -0.506 e. The molecule has 0 atom stereocenters. The van der Waals surface area contributed by atoms with Crippen LogP contribution in [0.3, 0.4) is 0 Å². The fraction of sp³-hybridized carbons (Fsp3) is 0.176. The molecule has 0 radical (unpaired) electrons. The highest BCUT2D eigenvalue weighted by molar-refractivity contribution is 8.03. The number of aromatic hydroxyl groups is 1. The summed E-state index contributed by atoms with van der Waals surface area (Å²) in [6.45, 7) is 9.61. The highest BCUT2D eigenvalue weighted by Gasteiger charge is 2.13. The topological polar surface area (TPSA) is 20.2 Å². The molecule has 2 heteroatoms. The molecule has 0 fully saturated rings. The average molecular weight is 270 g/mol. The molecule has 0 amide bonds. The SMILES string of the molecule is C=Cc1c(C)cc(SC2=CCCC=C2)c(O)c1C=C. The van der Waals surface area contributed by atoms with Crippen LogP contribution >= 0.6 is 11.8 Å². The normalized spacial score (nSPS) is 14.1. The van der Waals surface area contributed by atoms with Crippen molar-refractivity contribution in [3.05, 3.63) is 59.0 Å². The second-order valence-electron chi connectivity index (χ2n) is 4.46. The van der Waals surface area contributed by atoms with Gasteiger partial charge in [0.25, 0.3) is 0 Å². The highest BCUT2D eigenvalue weighted by atomic mass is 32.2. The molecule has 2 rings (SSSR count). The van der Waals surface area contributed by atoms with E-state index in [9.17, 15) is 5.11 Å². The number of hydrogen-bond acceptors (Lipinski definition) is 2. The van der Waals surface area contributed by atoms with Gasteiger partial charge >= 0.3 is 0 Å². The Kier molecular flexibility index (Phi) is 4.33. The molecular weight excluding hydrogens is 252 g/mol. The molecule has 0 bridgehead atoms. The van der Waals surface area contributed by atoms with E-state index in [0.717, 1.165) is 34.4 Å². The third kappa shape index (κ3) is 2.85. The fourth-order valence-electron chi connectivity index (χ4n) is 2.16. The van der Waals surface area contributed by atoms with Crippen LogP contribution in [0.2, 0.25) is 0 Å². The first-order valence-corrected chi connectivity index (χ1v) is 7.15. The van der Waals surface area contributed by atoms with E-state index in [2.05, 4.69) is 31.4 Å². The standard InChI is InChI=1S/C17H18OS/c1-4-14-12(3)11-16(17(18)15(14)5-2)19-13-9-7-6-8-10-13/h4-5,7,9-11,18H,1-2,6,8H2,3H3. The number of hydrogen-bond donors (Lipinski definition) is 1. The minimum absolute atomic E-state index is 0.292. The Hall–Kier alpha value is -1.67. The molecule has 1 N–H and O–H groups in total. The van der Waals surface area contributed by atoms with Gasteiger partial charge in [0.1, 0.15) is 5.75 Å². The lowest BCUT2D eigenvalue weighted by atomic mass is 10.0. The third-order valence-electron chi connectivity index (χ3n) is 3.15. The summed E-state index contributed by atoms with van der Waals surface area (Å²) in [6, 6.07) is 2.01. The number of aryl methyl sites for hydroxylation is 1. The summed E-state index contributed by atoms with van der Waals surface area (Å²) >= 11 is 1.60. The van der Waals surface area contributed by atoms with Crippen LogP contribution in [0, 0.1) is 6.92 Å². The van der Waals surface area contributed by atoms with E-state index in [1.807, 2.05) is 13.0 Å². The van der Waals surface area contributed by atoms with E-state index < -0.39 is 0 Å². The van der Waals surface area contributed by atoms with Gasteiger partial charge in [-0.1, -0.05) is 55.3 Å². The molecule has 0 aromatic heterocycles. The van der Waals surface area contributed by atoms with Gasteiger partial charge in [0.2, 0.25) is 0 Å². The van der Waals surface area contributed by atoms with E-state index >= 15 is 0 Å². The summed E-state index contributed by atoms with van der Waals surface area (Å²) in [6.07, 6.45) is 12.1. The molecule has 1 aromatic rings. The van der Waals surface area contributed by atoms with E-state index in [1.54, 1.807) is 23.9 Å². The van der Waals surface area contributed by atoms with Gasteiger partial charge in [0.05, 0.1) is 4.90 Å². The maximum absolute atomic E-state index is 10.4. The van der Waals surface area contributed by atoms with Crippen molar-refractivity contribution in [1.82, 2.24) is 0 Å². The predicted molar refractivity (Wildman–Crippen MR) is 85.3 cm³/mol. The first kappa shape index (κ1) is 13.8. The van der Waals surface area contributed by atoms with Crippen LogP contribution in [0.25, 0.3) is 12.2 Å². The summed E-state index contributed by atoms with van der Waals surface area (Å²) in [7, 11) is 0. The van der Waals surface area contributed by atoms with Gasteiger partial charge in [-0.2, -0.15) is 0 Å². The van der Waals surface area contributed by atoms with Crippen molar-refractivity contribution in [2.24, 2.45) is 0 Å². The van der Waals surface area contributed by atoms with Crippen LogP contribution in [-0.4, -0.2) is 5.11 Å². The van der Waals surface area contributed by atoms with Crippen LogP contribution in [0.4, 0.5) is 0 Å². The highest BCUT2D eigenvalue weighted by Crippen LogP contribution is 2.40. The van der Waals surface area contributed by atoms with Gasteiger partial charge in [-0.05, 0) is 37.0 Å². The summed E-state index contributed by atoms with van der Waals surface area (Å²) < 4.78 is 0. The lowest BCUT2D eigenvalue weighted by Gasteiger charge is -2.14. The van der Waals surface area contributed by atoms with E-state index in [0.29, 0.717) is 5.75 Å². The first-order valence-electron chi connectivity index (χ1n) is 6.33. The van der Waals surface area contributed by atoms with Crippen LogP contribution in [-0.2, 0) is 0 Å². The first-order chi connectivity index (χ1) is 9.17. The molecule has 1 aliphatic carbocycles. The molecule has 0 aliphatic heterocycles. The number of benzene rings is 1. The quantitative estimate of drug-likeness (QED) is 0.799. The fourth-order valence-corrected chi connectivity index (χ4v) is 3.22. The van der Waals surface area contributed by atoms with Crippen molar-refractivity contribution in [3.63, 3.8) is 0 Å².